The molecular weight excluding hydrogens is 249 g/mol. The molecule has 6 heteroatoms. The number of nitrogens with one attached hydrogen (secondary N) is 1. The van der Waals surface area contributed by atoms with Gasteiger partial charge in [-0.05, 0) is 18.9 Å². The first-order valence-electron chi connectivity index (χ1n) is 6.54. The van der Waals surface area contributed by atoms with Crippen molar-refractivity contribution in [3.05, 3.63) is 34.1 Å². The van der Waals surface area contributed by atoms with E-state index in [4.69, 9.17) is 5.73 Å². The number of nitro groups is 1. The van der Waals surface area contributed by atoms with Crippen LogP contribution >= 0.6 is 0 Å². The molecule has 0 amide bonds. The van der Waals surface area contributed by atoms with Gasteiger partial charge in [0.1, 0.15) is 11.5 Å². The molecule has 1 saturated carbocycles. The minimum Gasteiger partial charge on any atom is -0.375 e. The van der Waals surface area contributed by atoms with Crippen LogP contribution in [0.25, 0.3) is 0 Å². The number of nitro benzene ring substituents is 1. The predicted octanol–water partition coefficient (Wildman–Crippen LogP) is 2.81. The van der Waals surface area contributed by atoms with Crippen LogP contribution < -0.4 is 11.1 Å². The molecule has 5 nitrogen and oxygen atoms in total. The van der Waals surface area contributed by atoms with Crippen molar-refractivity contribution in [1.29, 1.82) is 0 Å². The van der Waals surface area contributed by atoms with Crippen LogP contribution in [0.5, 0.6) is 0 Å². The maximum atomic E-state index is 13.2. The number of anilines is 1. The first kappa shape index (κ1) is 13.7. The van der Waals surface area contributed by atoms with E-state index in [1.54, 1.807) is 0 Å². The van der Waals surface area contributed by atoms with Crippen molar-refractivity contribution < 1.29 is 9.31 Å². The third kappa shape index (κ3) is 3.41. The largest absolute Gasteiger partial charge is 0.375 e. The number of benzene rings is 1. The van der Waals surface area contributed by atoms with Crippen LogP contribution in [0.3, 0.4) is 0 Å². The van der Waals surface area contributed by atoms with E-state index in [-0.39, 0.29) is 23.5 Å². The molecule has 2 unspecified atom stereocenters. The van der Waals surface area contributed by atoms with Crippen LogP contribution in [0.1, 0.15) is 32.1 Å². The molecule has 2 rings (SSSR count). The molecule has 1 aromatic rings. The van der Waals surface area contributed by atoms with E-state index < -0.39 is 10.7 Å². The highest BCUT2D eigenvalue weighted by molar-refractivity contribution is 5.62. The molecule has 1 fully saturated rings. The molecule has 0 aliphatic heterocycles. The number of nitrogens with two attached hydrogens (primary N) is 1. The van der Waals surface area contributed by atoms with Crippen LogP contribution in [0, 0.1) is 15.9 Å². The SMILES string of the molecule is NC1CCCCCC1Nc1cc(F)ccc1[N+](=O)[O-]. The average Bonchev–Trinajstić information content (AvgIpc) is 2.55. The summed E-state index contributed by atoms with van der Waals surface area (Å²) < 4.78 is 13.2. The lowest BCUT2D eigenvalue weighted by molar-refractivity contribution is -0.384. The molecule has 0 saturated heterocycles. The molecule has 3 N–H and O–H groups in total. The molecule has 1 aliphatic rings. The van der Waals surface area contributed by atoms with Gasteiger partial charge in [0, 0.05) is 24.2 Å². The number of hydrogen-bond donors (Lipinski definition) is 2. The zero-order chi connectivity index (χ0) is 13.8. The Kier molecular flexibility index (Phi) is 4.31. The zero-order valence-electron chi connectivity index (χ0n) is 10.6. The summed E-state index contributed by atoms with van der Waals surface area (Å²) in [7, 11) is 0. The van der Waals surface area contributed by atoms with Crippen molar-refractivity contribution in [1.82, 2.24) is 0 Å². The third-order valence-electron chi connectivity index (χ3n) is 3.57. The topological polar surface area (TPSA) is 81.2 Å². The lowest BCUT2D eigenvalue weighted by atomic mass is 10.0. The van der Waals surface area contributed by atoms with E-state index >= 15 is 0 Å². The van der Waals surface area contributed by atoms with Gasteiger partial charge < -0.3 is 11.1 Å². The first-order valence-corrected chi connectivity index (χ1v) is 6.54. The van der Waals surface area contributed by atoms with Crippen molar-refractivity contribution in [3.8, 4) is 0 Å². The Morgan fingerprint density at radius 3 is 2.79 bits per heavy atom. The average molecular weight is 267 g/mol. The van der Waals surface area contributed by atoms with Gasteiger partial charge in [0.15, 0.2) is 0 Å². The Bertz CT molecular complexity index is 467. The van der Waals surface area contributed by atoms with Gasteiger partial charge in [0.05, 0.1) is 4.92 Å². The molecule has 104 valence electrons. The summed E-state index contributed by atoms with van der Waals surface area (Å²) in [6.07, 6.45) is 4.98. The predicted molar refractivity (Wildman–Crippen MR) is 71.5 cm³/mol. The highest BCUT2D eigenvalue weighted by Gasteiger charge is 2.23. The minimum absolute atomic E-state index is 0.0389. The lowest BCUT2D eigenvalue weighted by Gasteiger charge is -2.23. The molecule has 0 radical (unpaired) electrons. The van der Waals surface area contributed by atoms with Crippen molar-refractivity contribution in [2.24, 2.45) is 5.73 Å². The summed E-state index contributed by atoms with van der Waals surface area (Å²) in [5, 5.41) is 14.0. The number of nitrogens with zero attached hydrogens (tertiary/aromatic N) is 1. The van der Waals surface area contributed by atoms with Gasteiger partial charge in [0.25, 0.3) is 5.69 Å². The van der Waals surface area contributed by atoms with Crippen molar-refractivity contribution in [2.75, 3.05) is 5.32 Å². The second kappa shape index (κ2) is 5.97. The van der Waals surface area contributed by atoms with Crippen LogP contribution in [-0.4, -0.2) is 17.0 Å². The summed E-state index contributed by atoms with van der Waals surface area (Å²) in [5.41, 5.74) is 6.17. The standard InChI is InChI=1S/C13H18FN3O2/c14-9-6-7-13(17(18)19)12(8-9)16-11-5-3-1-2-4-10(11)15/h6-8,10-11,16H,1-5,15H2. The fourth-order valence-corrected chi connectivity index (χ4v) is 2.50. The summed E-state index contributed by atoms with van der Waals surface area (Å²) in [4.78, 5) is 10.4. The van der Waals surface area contributed by atoms with Crippen molar-refractivity contribution in [2.45, 2.75) is 44.2 Å². The second-order valence-corrected chi connectivity index (χ2v) is 4.97. The summed E-state index contributed by atoms with van der Waals surface area (Å²) in [5.74, 6) is -0.490. The fourth-order valence-electron chi connectivity index (χ4n) is 2.50. The van der Waals surface area contributed by atoms with Gasteiger partial charge in [0.2, 0.25) is 0 Å². The van der Waals surface area contributed by atoms with Crippen LogP contribution in [-0.2, 0) is 0 Å². The van der Waals surface area contributed by atoms with E-state index in [1.807, 2.05) is 0 Å². The first-order chi connectivity index (χ1) is 9.08. The number of rotatable bonds is 3. The molecule has 1 aromatic carbocycles. The molecule has 0 bridgehead atoms. The Labute approximate surface area is 111 Å². The van der Waals surface area contributed by atoms with Crippen LogP contribution in [0.2, 0.25) is 0 Å². The Morgan fingerprint density at radius 2 is 2.05 bits per heavy atom. The summed E-state index contributed by atoms with van der Waals surface area (Å²) >= 11 is 0. The highest BCUT2D eigenvalue weighted by Crippen LogP contribution is 2.28. The third-order valence-corrected chi connectivity index (χ3v) is 3.57. The smallest absolute Gasteiger partial charge is 0.292 e. The van der Waals surface area contributed by atoms with E-state index in [1.165, 1.54) is 6.07 Å². The van der Waals surface area contributed by atoms with E-state index in [0.717, 1.165) is 44.2 Å². The van der Waals surface area contributed by atoms with Crippen LogP contribution in [0.4, 0.5) is 15.8 Å². The van der Waals surface area contributed by atoms with Gasteiger partial charge in [-0.3, -0.25) is 10.1 Å². The van der Waals surface area contributed by atoms with E-state index in [2.05, 4.69) is 5.32 Å². The van der Waals surface area contributed by atoms with Crippen LogP contribution in [0.15, 0.2) is 18.2 Å². The lowest BCUT2D eigenvalue weighted by Crippen LogP contribution is -2.39. The van der Waals surface area contributed by atoms with E-state index in [9.17, 15) is 14.5 Å². The minimum atomic E-state index is -0.510. The normalized spacial score (nSPS) is 23.7. The Hall–Kier alpha value is -1.69. The van der Waals surface area contributed by atoms with Gasteiger partial charge in [-0.1, -0.05) is 19.3 Å². The molecule has 1 aliphatic carbocycles. The molecule has 19 heavy (non-hydrogen) atoms. The van der Waals surface area contributed by atoms with Crippen molar-refractivity contribution in [3.63, 3.8) is 0 Å². The van der Waals surface area contributed by atoms with Gasteiger partial charge in [-0.25, -0.2) is 4.39 Å². The Morgan fingerprint density at radius 1 is 1.32 bits per heavy atom. The zero-order valence-corrected chi connectivity index (χ0v) is 10.6. The van der Waals surface area contributed by atoms with E-state index in [0.29, 0.717) is 0 Å². The molecular formula is C13H18FN3O2. The number of hydrogen-bond acceptors (Lipinski definition) is 4. The molecule has 0 spiro atoms. The fraction of sp³-hybridized carbons (Fsp3) is 0.538. The van der Waals surface area contributed by atoms with Crippen molar-refractivity contribution >= 4 is 11.4 Å². The van der Waals surface area contributed by atoms with Gasteiger partial charge in [-0.2, -0.15) is 0 Å². The summed E-state index contributed by atoms with van der Waals surface area (Å²) in [6.45, 7) is 0. The molecule has 2 atom stereocenters. The quantitative estimate of drug-likeness (QED) is 0.501. The number of halogens is 1. The maximum absolute atomic E-state index is 13.2. The second-order valence-electron chi connectivity index (χ2n) is 4.97. The maximum Gasteiger partial charge on any atom is 0.292 e. The summed E-state index contributed by atoms with van der Waals surface area (Å²) in [6, 6.07) is 3.35. The molecule has 0 heterocycles. The molecule has 0 aromatic heterocycles. The monoisotopic (exact) mass is 267 g/mol. The highest BCUT2D eigenvalue weighted by atomic mass is 19.1. The van der Waals surface area contributed by atoms with Gasteiger partial charge >= 0.3 is 0 Å². The Balaban J connectivity index is 2.21. The van der Waals surface area contributed by atoms with Gasteiger partial charge in [-0.15, -0.1) is 0 Å².